The van der Waals surface area contributed by atoms with Gasteiger partial charge in [-0.25, -0.2) is 0 Å². The molecule has 0 aromatic carbocycles. The van der Waals surface area contributed by atoms with Gasteiger partial charge in [0.2, 0.25) is 5.91 Å². The first-order valence-electron chi connectivity index (χ1n) is 5.67. The van der Waals surface area contributed by atoms with Crippen LogP contribution in [-0.4, -0.2) is 24.5 Å². The average molecular weight is 208 g/mol. The molecule has 3 heteroatoms. The van der Waals surface area contributed by atoms with Crippen molar-refractivity contribution >= 4 is 5.91 Å². The Morgan fingerprint density at radius 3 is 2.73 bits per heavy atom. The van der Waals surface area contributed by atoms with E-state index in [0.717, 1.165) is 12.8 Å². The van der Waals surface area contributed by atoms with Gasteiger partial charge in [-0.05, 0) is 26.7 Å². The molecule has 1 aliphatic carbocycles. The molecule has 1 rings (SSSR count). The summed E-state index contributed by atoms with van der Waals surface area (Å²) in [6.07, 6.45) is 4.75. The minimum absolute atomic E-state index is 0.0970. The fourth-order valence-corrected chi connectivity index (χ4v) is 1.78. The maximum absolute atomic E-state index is 11.7. The molecule has 0 aromatic rings. The zero-order chi connectivity index (χ0) is 11.1. The fourth-order valence-electron chi connectivity index (χ4n) is 1.78. The van der Waals surface area contributed by atoms with Crippen LogP contribution in [0.5, 0.6) is 0 Å². The highest BCUT2D eigenvalue weighted by Crippen LogP contribution is 2.17. The third-order valence-electron chi connectivity index (χ3n) is 2.77. The van der Waals surface area contributed by atoms with E-state index in [4.69, 9.17) is 0 Å². The Hall–Kier alpha value is -1.01. The average Bonchev–Trinajstić information content (AvgIpc) is 2.70. The van der Waals surface area contributed by atoms with Crippen molar-refractivity contribution in [2.24, 2.45) is 0 Å². The van der Waals surface area contributed by atoms with Crippen molar-refractivity contribution in [3.05, 3.63) is 0 Å². The molecule has 0 saturated heterocycles. The molecule has 3 nitrogen and oxygen atoms in total. The number of nitrogens with one attached hydrogen (secondary N) is 2. The summed E-state index contributed by atoms with van der Waals surface area (Å²) in [5.41, 5.74) is 0. The van der Waals surface area contributed by atoms with Crippen LogP contribution in [-0.2, 0) is 4.79 Å². The standard InChI is InChI=1S/C12H20N2O/c1-3-4-9-13-10(2)12(15)14-11-7-5-6-8-11/h10-11,13H,5-9H2,1-2H3,(H,14,15). The van der Waals surface area contributed by atoms with E-state index in [1.54, 1.807) is 6.92 Å². The monoisotopic (exact) mass is 208 g/mol. The van der Waals surface area contributed by atoms with Gasteiger partial charge in [-0.15, -0.1) is 5.92 Å². The zero-order valence-electron chi connectivity index (χ0n) is 9.60. The Morgan fingerprint density at radius 2 is 2.13 bits per heavy atom. The summed E-state index contributed by atoms with van der Waals surface area (Å²) < 4.78 is 0. The van der Waals surface area contributed by atoms with Crippen molar-refractivity contribution in [3.8, 4) is 11.8 Å². The van der Waals surface area contributed by atoms with Gasteiger partial charge in [0.15, 0.2) is 0 Å². The zero-order valence-corrected chi connectivity index (χ0v) is 9.60. The Balaban J connectivity index is 2.21. The lowest BCUT2D eigenvalue weighted by Crippen LogP contribution is -2.45. The molecule has 1 saturated carbocycles. The van der Waals surface area contributed by atoms with Crippen LogP contribution in [0.1, 0.15) is 39.5 Å². The Bertz CT molecular complexity index is 259. The normalized spacial score (nSPS) is 18.0. The first-order valence-corrected chi connectivity index (χ1v) is 5.67. The third kappa shape index (κ3) is 4.35. The first-order chi connectivity index (χ1) is 7.24. The number of hydrogen-bond acceptors (Lipinski definition) is 2. The largest absolute Gasteiger partial charge is 0.352 e. The minimum Gasteiger partial charge on any atom is -0.352 e. The van der Waals surface area contributed by atoms with E-state index in [1.165, 1.54) is 12.8 Å². The van der Waals surface area contributed by atoms with E-state index in [2.05, 4.69) is 22.5 Å². The van der Waals surface area contributed by atoms with Crippen LogP contribution < -0.4 is 10.6 Å². The Kier molecular flexibility index (Phi) is 5.20. The Morgan fingerprint density at radius 1 is 1.47 bits per heavy atom. The molecule has 0 bridgehead atoms. The summed E-state index contributed by atoms with van der Waals surface area (Å²) in [4.78, 5) is 11.7. The fraction of sp³-hybridized carbons (Fsp3) is 0.750. The molecule has 15 heavy (non-hydrogen) atoms. The molecule has 1 unspecified atom stereocenters. The molecule has 1 atom stereocenters. The summed E-state index contributed by atoms with van der Waals surface area (Å²) >= 11 is 0. The first kappa shape index (κ1) is 12.1. The maximum Gasteiger partial charge on any atom is 0.237 e. The molecular weight excluding hydrogens is 188 g/mol. The second kappa shape index (κ2) is 6.47. The highest BCUT2D eigenvalue weighted by Gasteiger charge is 2.19. The lowest BCUT2D eigenvalue weighted by Gasteiger charge is -2.16. The second-order valence-corrected chi connectivity index (χ2v) is 4.02. The topological polar surface area (TPSA) is 41.1 Å². The van der Waals surface area contributed by atoms with Gasteiger partial charge >= 0.3 is 0 Å². The summed E-state index contributed by atoms with van der Waals surface area (Å²) in [5, 5.41) is 6.13. The molecule has 0 radical (unpaired) electrons. The van der Waals surface area contributed by atoms with Crippen LogP contribution in [0.15, 0.2) is 0 Å². The van der Waals surface area contributed by atoms with Crippen LogP contribution in [0, 0.1) is 11.8 Å². The quantitative estimate of drug-likeness (QED) is 0.678. The molecule has 1 amide bonds. The molecule has 84 valence electrons. The number of amides is 1. The predicted molar refractivity (Wildman–Crippen MR) is 61.3 cm³/mol. The van der Waals surface area contributed by atoms with Crippen LogP contribution in [0.4, 0.5) is 0 Å². The van der Waals surface area contributed by atoms with Crippen molar-refractivity contribution in [1.29, 1.82) is 0 Å². The molecule has 2 N–H and O–H groups in total. The van der Waals surface area contributed by atoms with E-state index in [1.807, 2.05) is 6.92 Å². The van der Waals surface area contributed by atoms with E-state index in [0.29, 0.717) is 12.6 Å². The number of rotatable bonds is 4. The summed E-state index contributed by atoms with van der Waals surface area (Å²) in [6.45, 7) is 4.25. The van der Waals surface area contributed by atoms with Gasteiger partial charge in [-0.3, -0.25) is 10.1 Å². The number of hydrogen-bond donors (Lipinski definition) is 2. The molecule has 0 aromatic heterocycles. The van der Waals surface area contributed by atoms with Gasteiger partial charge in [0, 0.05) is 6.04 Å². The highest BCUT2D eigenvalue weighted by atomic mass is 16.2. The molecule has 0 heterocycles. The molecule has 0 spiro atoms. The van der Waals surface area contributed by atoms with Crippen molar-refractivity contribution < 1.29 is 4.79 Å². The second-order valence-electron chi connectivity index (χ2n) is 4.02. The number of carbonyl (C=O) groups excluding carboxylic acids is 1. The molecular formula is C12H20N2O. The smallest absolute Gasteiger partial charge is 0.237 e. The van der Waals surface area contributed by atoms with Crippen LogP contribution >= 0.6 is 0 Å². The maximum atomic E-state index is 11.7. The highest BCUT2D eigenvalue weighted by molar-refractivity contribution is 5.81. The van der Waals surface area contributed by atoms with Gasteiger partial charge < -0.3 is 5.32 Å². The van der Waals surface area contributed by atoms with Gasteiger partial charge in [0.1, 0.15) is 0 Å². The lowest BCUT2D eigenvalue weighted by molar-refractivity contribution is -0.123. The summed E-state index contributed by atoms with van der Waals surface area (Å²) in [7, 11) is 0. The summed E-state index contributed by atoms with van der Waals surface area (Å²) in [5.74, 6) is 5.77. The van der Waals surface area contributed by atoms with Gasteiger partial charge in [-0.2, -0.15) is 0 Å². The Labute approximate surface area is 92.0 Å². The predicted octanol–water partition coefficient (Wildman–Crippen LogP) is 1.05. The molecule has 1 aliphatic rings. The third-order valence-corrected chi connectivity index (χ3v) is 2.77. The van der Waals surface area contributed by atoms with Crippen LogP contribution in [0.3, 0.4) is 0 Å². The number of carbonyl (C=O) groups is 1. The lowest BCUT2D eigenvalue weighted by atomic mass is 10.2. The molecule has 1 fully saturated rings. The van der Waals surface area contributed by atoms with Crippen LogP contribution in [0.25, 0.3) is 0 Å². The SMILES string of the molecule is CC#CCNC(C)C(=O)NC1CCCC1. The van der Waals surface area contributed by atoms with E-state index in [9.17, 15) is 4.79 Å². The van der Waals surface area contributed by atoms with E-state index < -0.39 is 0 Å². The van der Waals surface area contributed by atoms with Crippen molar-refractivity contribution in [2.75, 3.05) is 6.54 Å². The van der Waals surface area contributed by atoms with Gasteiger partial charge in [0.05, 0.1) is 12.6 Å². The summed E-state index contributed by atoms with van der Waals surface area (Å²) in [6, 6.07) is 0.255. The van der Waals surface area contributed by atoms with Crippen LogP contribution in [0.2, 0.25) is 0 Å². The minimum atomic E-state index is -0.147. The van der Waals surface area contributed by atoms with Crippen molar-refractivity contribution in [2.45, 2.75) is 51.6 Å². The van der Waals surface area contributed by atoms with Crippen molar-refractivity contribution in [1.82, 2.24) is 10.6 Å². The van der Waals surface area contributed by atoms with Gasteiger partial charge in [-0.1, -0.05) is 18.8 Å². The molecule has 0 aliphatic heterocycles. The van der Waals surface area contributed by atoms with E-state index >= 15 is 0 Å². The van der Waals surface area contributed by atoms with Gasteiger partial charge in [0.25, 0.3) is 0 Å². The van der Waals surface area contributed by atoms with Crippen molar-refractivity contribution in [3.63, 3.8) is 0 Å². The van der Waals surface area contributed by atoms with E-state index in [-0.39, 0.29) is 11.9 Å².